The number of aliphatic imine (C=N–C) groups is 1. The van der Waals surface area contributed by atoms with E-state index in [2.05, 4.69) is 10.00 Å². The molecule has 9 heteroatoms. The van der Waals surface area contributed by atoms with Gasteiger partial charge < -0.3 is 9.80 Å². The normalized spacial score (nSPS) is 19.7. The van der Waals surface area contributed by atoms with Crippen LogP contribution >= 0.6 is 0 Å². The maximum Gasteiger partial charge on any atom is 0.272 e. The van der Waals surface area contributed by atoms with Crippen molar-refractivity contribution in [3.63, 3.8) is 0 Å². The van der Waals surface area contributed by atoms with Gasteiger partial charge in [0.15, 0.2) is 0 Å². The van der Waals surface area contributed by atoms with Gasteiger partial charge in [-0.25, -0.2) is 13.8 Å². The van der Waals surface area contributed by atoms with Crippen molar-refractivity contribution in [2.24, 2.45) is 18.0 Å². The number of hydrogen-bond acceptors (Lipinski definition) is 5. The minimum absolute atomic E-state index is 0.0697. The molecule has 1 amide bonds. The molecule has 3 aromatic rings. The summed E-state index contributed by atoms with van der Waals surface area (Å²) in [4.78, 5) is 22.2. The Balaban J connectivity index is 1.54. The second kappa shape index (κ2) is 9.52. The minimum Gasteiger partial charge on any atom is -0.336 e. The predicted octanol–water partition coefficient (Wildman–Crippen LogP) is 3.82. The molecule has 1 saturated heterocycles. The first kappa shape index (κ1) is 24.8. The number of fused-ring (bicyclic) bond motifs is 1. The number of nitriles is 1. The fourth-order valence-corrected chi connectivity index (χ4v) is 5.24. The summed E-state index contributed by atoms with van der Waals surface area (Å²) in [6.07, 6.45) is 2.95. The van der Waals surface area contributed by atoms with Gasteiger partial charge in [-0.2, -0.15) is 10.4 Å². The summed E-state index contributed by atoms with van der Waals surface area (Å²) in [5.41, 5.74) is 2.98. The van der Waals surface area contributed by atoms with Gasteiger partial charge >= 0.3 is 0 Å². The van der Waals surface area contributed by atoms with E-state index in [1.54, 1.807) is 28.8 Å². The number of halogens is 2. The fourth-order valence-electron chi connectivity index (χ4n) is 5.24. The summed E-state index contributed by atoms with van der Waals surface area (Å²) in [6.45, 7) is 3.08. The molecule has 2 aliphatic heterocycles. The largest absolute Gasteiger partial charge is 0.336 e. The Bertz CT molecular complexity index is 1510. The van der Waals surface area contributed by atoms with Gasteiger partial charge in [-0.3, -0.25) is 9.48 Å². The van der Waals surface area contributed by atoms with Crippen molar-refractivity contribution in [3.8, 4) is 6.07 Å². The van der Waals surface area contributed by atoms with Crippen molar-refractivity contribution >= 4 is 22.5 Å². The number of benzene rings is 2. The molecule has 2 atom stereocenters. The van der Waals surface area contributed by atoms with Crippen LogP contribution in [0.2, 0.25) is 0 Å². The van der Waals surface area contributed by atoms with Crippen LogP contribution in [0.15, 0.2) is 52.8 Å². The Kier molecular flexibility index (Phi) is 6.38. The zero-order chi connectivity index (χ0) is 26.4. The molecule has 37 heavy (non-hydrogen) atoms. The van der Waals surface area contributed by atoms with E-state index in [0.29, 0.717) is 41.1 Å². The maximum absolute atomic E-state index is 15.1. The van der Waals surface area contributed by atoms with Crippen molar-refractivity contribution < 1.29 is 13.6 Å². The lowest BCUT2D eigenvalue weighted by Gasteiger charge is -2.20. The topological polar surface area (TPSA) is 77.5 Å². The monoisotopic (exact) mass is 502 g/mol. The molecule has 1 unspecified atom stereocenters. The lowest BCUT2D eigenvalue weighted by atomic mass is 9.86. The van der Waals surface area contributed by atoms with Crippen molar-refractivity contribution in [1.29, 1.82) is 5.26 Å². The van der Waals surface area contributed by atoms with E-state index < -0.39 is 17.6 Å². The summed E-state index contributed by atoms with van der Waals surface area (Å²) in [7, 11) is 5.78. The molecule has 0 radical (unpaired) electrons. The van der Waals surface area contributed by atoms with Crippen LogP contribution in [-0.4, -0.2) is 64.4 Å². The summed E-state index contributed by atoms with van der Waals surface area (Å²) in [6, 6.07) is 9.59. The van der Waals surface area contributed by atoms with E-state index >= 15 is 4.39 Å². The van der Waals surface area contributed by atoms with E-state index in [0.717, 1.165) is 17.4 Å². The SMILES string of the molecule is CC1=C(C(=O)N2CC[C@H](N(C)C)C2)N=C(c2ccc(C#N)c(F)c2)C1Cc1cc2cn(C)nc2cc1F. The summed E-state index contributed by atoms with van der Waals surface area (Å²) < 4.78 is 31.4. The first-order valence-corrected chi connectivity index (χ1v) is 12.2. The van der Waals surface area contributed by atoms with Gasteiger partial charge in [0.1, 0.15) is 23.4 Å². The third kappa shape index (κ3) is 4.53. The Labute approximate surface area is 214 Å². The van der Waals surface area contributed by atoms with Crippen LogP contribution in [0.4, 0.5) is 8.78 Å². The highest BCUT2D eigenvalue weighted by Crippen LogP contribution is 2.35. The molecule has 0 bridgehead atoms. The first-order chi connectivity index (χ1) is 17.7. The number of carbonyl (C=O) groups is 1. The second-order valence-electron chi connectivity index (χ2n) is 10.1. The predicted molar refractivity (Wildman–Crippen MR) is 137 cm³/mol. The van der Waals surface area contributed by atoms with Crippen molar-refractivity contribution in [1.82, 2.24) is 19.6 Å². The zero-order valence-corrected chi connectivity index (χ0v) is 21.3. The Morgan fingerprint density at radius 1 is 1.22 bits per heavy atom. The maximum atomic E-state index is 15.1. The van der Waals surface area contributed by atoms with E-state index in [-0.39, 0.29) is 23.9 Å². The molecule has 0 aliphatic carbocycles. The van der Waals surface area contributed by atoms with E-state index in [4.69, 9.17) is 10.3 Å². The number of carbonyl (C=O) groups excluding carboxylic acids is 1. The molecule has 0 saturated carbocycles. The standard InChI is InChI=1S/C28H28F2N6O/c1-16-22(10-19-9-20-14-35(4)33-25(20)12-24(19)30)27(17-5-6-18(13-31)23(29)11-17)32-26(16)28(37)36-8-7-21(15-36)34(2)3/h5-6,9,11-12,14,21-22H,7-8,10,15H2,1-4H3/t21-,22?/m0/s1. The highest BCUT2D eigenvalue weighted by molar-refractivity contribution is 6.11. The lowest BCUT2D eigenvalue weighted by molar-refractivity contribution is -0.126. The molecule has 190 valence electrons. The van der Waals surface area contributed by atoms with Gasteiger partial charge in [0.25, 0.3) is 5.91 Å². The molecular weight excluding hydrogens is 474 g/mol. The summed E-state index contributed by atoms with van der Waals surface area (Å²) in [5, 5.41) is 14.2. The third-order valence-corrected chi connectivity index (χ3v) is 7.44. The van der Waals surface area contributed by atoms with Crippen molar-refractivity contribution in [3.05, 3.63) is 76.1 Å². The quantitative estimate of drug-likeness (QED) is 0.532. The third-order valence-electron chi connectivity index (χ3n) is 7.44. The number of likely N-dealkylation sites (tertiary alicyclic amines) is 1. The van der Waals surface area contributed by atoms with Gasteiger partial charge in [-0.15, -0.1) is 0 Å². The first-order valence-electron chi connectivity index (χ1n) is 12.2. The molecule has 7 nitrogen and oxygen atoms in total. The molecule has 2 aromatic carbocycles. The highest BCUT2D eigenvalue weighted by Gasteiger charge is 2.36. The molecular formula is C28H28F2N6O. The molecule has 0 spiro atoms. The van der Waals surface area contributed by atoms with Gasteiger partial charge in [-0.1, -0.05) is 6.07 Å². The molecule has 1 fully saturated rings. The van der Waals surface area contributed by atoms with Gasteiger partial charge in [0.2, 0.25) is 0 Å². The Morgan fingerprint density at radius 2 is 2.00 bits per heavy atom. The van der Waals surface area contributed by atoms with Crippen molar-refractivity contribution in [2.75, 3.05) is 27.2 Å². The van der Waals surface area contributed by atoms with Crippen LogP contribution in [0, 0.1) is 28.9 Å². The van der Waals surface area contributed by atoms with Crippen molar-refractivity contribution in [2.45, 2.75) is 25.8 Å². The lowest BCUT2D eigenvalue weighted by Crippen LogP contribution is -2.35. The highest BCUT2D eigenvalue weighted by atomic mass is 19.1. The second-order valence-corrected chi connectivity index (χ2v) is 10.1. The van der Waals surface area contributed by atoms with Crippen LogP contribution in [-0.2, 0) is 18.3 Å². The smallest absolute Gasteiger partial charge is 0.272 e. The van der Waals surface area contributed by atoms with Crippen LogP contribution in [0.25, 0.3) is 10.9 Å². The van der Waals surface area contributed by atoms with Crippen LogP contribution in [0.5, 0.6) is 0 Å². The summed E-state index contributed by atoms with van der Waals surface area (Å²) >= 11 is 0. The Morgan fingerprint density at radius 3 is 2.68 bits per heavy atom. The van der Waals surface area contributed by atoms with Crippen LogP contribution in [0.3, 0.4) is 0 Å². The number of amides is 1. The number of rotatable bonds is 5. The van der Waals surface area contributed by atoms with Gasteiger partial charge in [-0.05, 0) is 68.8 Å². The minimum atomic E-state index is -0.657. The molecule has 5 rings (SSSR count). The van der Waals surface area contributed by atoms with Crippen LogP contribution in [0.1, 0.15) is 30.0 Å². The molecule has 2 aliphatic rings. The number of aromatic nitrogens is 2. The molecule has 3 heterocycles. The molecule has 1 aromatic heterocycles. The Hall–Kier alpha value is -3.90. The number of likely N-dealkylation sites (N-methyl/N-ethyl adjacent to an activating group) is 1. The number of aryl methyl sites for hydroxylation is 1. The van der Waals surface area contributed by atoms with Crippen LogP contribution < -0.4 is 0 Å². The van der Waals surface area contributed by atoms with Gasteiger partial charge in [0.05, 0.1) is 16.8 Å². The average Bonchev–Trinajstić information content (AvgIpc) is 3.56. The average molecular weight is 503 g/mol. The van der Waals surface area contributed by atoms with Gasteiger partial charge in [0, 0.05) is 49.7 Å². The van der Waals surface area contributed by atoms with E-state index in [9.17, 15) is 9.18 Å². The number of allylic oxidation sites excluding steroid dienone is 1. The zero-order valence-electron chi connectivity index (χ0n) is 21.3. The summed E-state index contributed by atoms with van der Waals surface area (Å²) in [5.74, 6) is -1.64. The molecule has 0 N–H and O–H groups in total. The fraction of sp³-hybridized carbons (Fsp3) is 0.357. The number of hydrogen-bond donors (Lipinski definition) is 0. The van der Waals surface area contributed by atoms with E-state index in [1.165, 1.54) is 18.2 Å². The number of nitrogens with zero attached hydrogens (tertiary/aromatic N) is 6. The van der Waals surface area contributed by atoms with E-state index in [1.807, 2.05) is 33.3 Å².